The lowest BCUT2D eigenvalue weighted by Crippen LogP contribution is -2.11. The van der Waals surface area contributed by atoms with Crippen LogP contribution in [0.15, 0.2) is 24.3 Å². The molecule has 0 saturated heterocycles. The fraction of sp³-hybridized carbons (Fsp3) is 0.0833. The Morgan fingerprint density at radius 2 is 1.68 bits per heavy atom. The minimum absolute atomic E-state index is 0.163. The molecule has 0 bridgehead atoms. The van der Waals surface area contributed by atoms with Gasteiger partial charge in [0.15, 0.2) is 6.61 Å². The molecule has 7 heteroatoms. The van der Waals surface area contributed by atoms with Gasteiger partial charge in [0.25, 0.3) is 0 Å². The van der Waals surface area contributed by atoms with Gasteiger partial charge in [0.2, 0.25) is 5.78 Å². The van der Waals surface area contributed by atoms with E-state index in [0.29, 0.717) is 30.0 Å². The summed E-state index contributed by atoms with van der Waals surface area (Å²) >= 11 is 24.4. The van der Waals surface area contributed by atoms with Crippen LogP contribution in [0.1, 0.15) is 10.4 Å². The molecule has 0 aliphatic heterocycles. The zero-order valence-electron chi connectivity index (χ0n) is 9.25. The third-order valence-corrected chi connectivity index (χ3v) is 4.09. The number of rotatable bonds is 4. The standard InChI is InChI=1S/C12H6Cl4O2S/c13-6-1-7(14)3-8(2-6)18-5-10(17)9-4-11(15)19-12(9)16/h1-4H,5H2. The number of carbonyl (C=O) groups is 1. The first-order chi connectivity index (χ1) is 8.95. The number of hydrogen-bond acceptors (Lipinski definition) is 3. The zero-order chi connectivity index (χ0) is 14.0. The maximum Gasteiger partial charge on any atom is 0.202 e. The van der Waals surface area contributed by atoms with Crippen LogP contribution in [0.2, 0.25) is 18.7 Å². The van der Waals surface area contributed by atoms with Gasteiger partial charge in [-0.25, -0.2) is 0 Å². The minimum atomic E-state index is -0.260. The van der Waals surface area contributed by atoms with Gasteiger partial charge in [0.1, 0.15) is 10.1 Å². The summed E-state index contributed by atoms with van der Waals surface area (Å²) in [5, 5.41) is 0.873. The number of halogens is 4. The van der Waals surface area contributed by atoms with E-state index >= 15 is 0 Å². The van der Waals surface area contributed by atoms with Crippen LogP contribution >= 0.6 is 57.7 Å². The summed E-state index contributed by atoms with van der Waals surface area (Å²) in [6.45, 7) is -0.163. The quantitative estimate of drug-likeness (QED) is 0.665. The smallest absolute Gasteiger partial charge is 0.202 e. The number of benzene rings is 1. The zero-order valence-corrected chi connectivity index (χ0v) is 13.1. The Hall–Kier alpha value is -0.450. The third-order valence-electron chi connectivity index (χ3n) is 2.16. The van der Waals surface area contributed by atoms with Crippen molar-refractivity contribution in [1.29, 1.82) is 0 Å². The summed E-state index contributed by atoms with van der Waals surface area (Å²) in [7, 11) is 0. The van der Waals surface area contributed by atoms with E-state index in [1.807, 2.05) is 0 Å². The molecule has 0 aliphatic rings. The minimum Gasteiger partial charge on any atom is -0.485 e. The first-order valence-corrected chi connectivity index (χ1v) is 7.35. The van der Waals surface area contributed by atoms with Crippen molar-refractivity contribution in [2.75, 3.05) is 6.61 Å². The monoisotopic (exact) mass is 354 g/mol. The van der Waals surface area contributed by atoms with Crippen LogP contribution < -0.4 is 4.74 Å². The Labute approximate surface area is 133 Å². The highest BCUT2D eigenvalue weighted by atomic mass is 35.5. The highest BCUT2D eigenvalue weighted by molar-refractivity contribution is 7.20. The number of ketones is 1. The molecule has 0 unspecified atom stereocenters. The molecule has 0 atom stereocenters. The molecule has 1 aromatic heterocycles. The van der Waals surface area contributed by atoms with Crippen LogP contribution in [-0.4, -0.2) is 12.4 Å². The van der Waals surface area contributed by atoms with Crippen LogP contribution in [0.5, 0.6) is 5.75 Å². The van der Waals surface area contributed by atoms with Crippen LogP contribution in [-0.2, 0) is 0 Å². The molecule has 19 heavy (non-hydrogen) atoms. The maximum atomic E-state index is 11.9. The average Bonchev–Trinajstić information content (AvgIpc) is 2.64. The SMILES string of the molecule is O=C(COc1cc(Cl)cc(Cl)c1)c1cc(Cl)sc1Cl. The van der Waals surface area contributed by atoms with Crippen molar-refractivity contribution in [1.82, 2.24) is 0 Å². The van der Waals surface area contributed by atoms with Gasteiger partial charge in [0, 0.05) is 10.0 Å². The van der Waals surface area contributed by atoms with Gasteiger partial charge in [-0.15, -0.1) is 11.3 Å². The number of ether oxygens (including phenoxy) is 1. The van der Waals surface area contributed by atoms with E-state index in [2.05, 4.69) is 0 Å². The molecule has 2 rings (SSSR count). The molecule has 0 fully saturated rings. The van der Waals surface area contributed by atoms with Crippen molar-refractivity contribution in [2.24, 2.45) is 0 Å². The molecular weight excluding hydrogens is 350 g/mol. The van der Waals surface area contributed by atoms with E-state index in [1.165, 1.54) is 6.07 Å². The molecule has 0 N–H and O–H groups in total. The number of thiophene rings is 1. The van der Waals surface area contributed by atoms with E-state index in [-0.39, 0.29) is 12.4 Å². The van der Waals surface area contributed by atoms with Crippen molar-refractivity contribution in [3.63, 3.8) is 0 Å². The van der Waals surface area contributed by atoms with Crippen molar-refractivity contribution in [3.05, 3.63) is 48.5 Å². The van der Waals surface area contributed by atoms with E-state index in [4.69, 9.17) is 51.1 Å². The van der Waals surface area contributed by atoms with Gasteiger partial charge < -0.3 is 4.74 Å². The second kappa shape index (κ2) is 6.33. The normalized spacial score (nSPS) is 10.5. The highest BCUT2D eigenvalue weighted by Crippen LogP contribution is 2.31. The molecule has 0 spiro atoms. The second-order valence-electron chi connectivity index (χ2n) is 3.55. The predicted molar refractivity (Wildman–Crippen MR) is 80.6 cm³/mol. The summed E-state index contributed by atoms with van der Waals surface area (Å²) in [5.41, 5.74) is 0.352. The molecule has 0 saturated carbocycles. The van der Waals surface area contributed by atoms with Gasteiger partial charge in [-0.1, -0.05) is 46.4 Å². The van der Waals surface area contributed by atoms with Crippen molar-refractivity contribution in [2.45, 2.75) is 0 Å². The van der Waals surface area contributed by atoms with E-state index in [1.54, 1.807) is 18.2 Å². The summed E-state index contributed by atoms with van der Waals surface area (Å²) in [4.78, 5) is 11.9. The number of hydrogen-bond donors (Lipinski definition) is 0. The summed E-state index contributed by atoms with van der Waals surface area (Å²) < 4.78 is 6.14. The van der Waals surface area contributed by atoms with E-state index < -0.39 is 0 Å². The van der Waals surface area contributed by atoms with Crippen LogP contribution in [0, 0.1) is 0 Å². The summed E-state index contributed by atoms with van der Waals surface area (Å²) in [5.74, 6) is 0.160. The first kappa shape index (κ1) is 14.9. The van der Waals surface area contributed by atoms with Crippen molar-refractivity contribution < 1.29 is 9.53 Å². The lowest BCUT2D eigenvalue weighted by Gasteiger charge is -2.06. The second-order valence-corrected chi connectivity index (χ2v) is 6.71. The fourth-order valence-electron chi connectivity index (χ4n) is 1.37. The Morgan fingerprint density at radius 1 is 1.05 bits per heavy atom. The molecule has 1 aromatic carbocycles. The maximum absolute atomic E-state index is 11.9. The van der Waals surface area contributed by atoms with Gasteiger partial charge in [-0.3, -0.25) is 4.79 Å². The van der Waals surface area contributed by atoms with Crippen molar-refractivity contribution in [3.8, 4) is 5.75 Å². The lowest BCUT2D eigenvalue weighted by atomic mass is 10.2. The fourth-order valence-corrected chi connectivity index (χ4v) is 3.37. The van der Waals surface area contributed by atoms with Crippen LogP contribution in [0.25, 0.3) is 0 Å². The van der Waals surface area contributed by atoms with Crippen molar-refractivity contribution >= 4 is 63.5 Å². The number of Topliss-reactive ketones (excluding diaryl/α,β-unsaturated/α-hetero) is 1. The highest BCUT2D eigenvalue weighted by Gasteiger charge is 2.15. The van der Waals surface area contributed by atoms with Crippen LogP contribution in [0.4, 0.5) is 0 Å². The Bertz CT molecular complexity index is 604. The summed E-state index contributed by atoms with van der Waals surface area (Å²) in [6, 6.07) is 6.24. The average molecular weight is 356 g/mol. The molecule has 1 heterocycles. The molecule has 0 radical (unpaired) electrons. The van der Waals surface area contributed by atoms with Gasteiger partial charge in [-0.05, 0) is 24.3 Å². The first-order valence-electron chi connectivity index (χ1n) is 5.02. The molecule has 0 amide bonds. The van der Waals surface area contributed by atoms with Gasteiger partial charge in [0.05, 0.1) is 9.90 Å². The summed E-state index contributed by atoms with van der Waals surface area (Å²) in [6.07, 6.45) is 0. The largest absolute Gasteiger partial charge is 0.485 e. The Morgan fingerprint density at radius 3 is 2.21 bits per heavy atom. The van der Waals surface area contributed by atoms with Gasteiger partial charge >= 0.3 is 0 Å². The number of carbonyl (C=O) groups excluding carboxylic acids is 1. The van der Waals surface area contributed by atoms with E-state index in [9.17, 15) is 4.79 Å². The molecule has 2 nitrogen and oxygen atoms in total. The molecule has 100 valence electrons. The Balaban J connectivity index is 2.06. The van der Waals surface area contributed by atoms with Crippen LogP contribution in [0.3, 0.4) is 0 Å². The third kappa shape index (κ3) is 4.01. The molecular formula is C12H6Cl4O2S. The van der Waals surface area contributed by atoms with E-state index in [0.717, 1.165) is 11.3 Å². The molecule has 0 aliphatic carbocycles. The Kier molecular flexibility index (Phi) is 4.98. The molecule has 2 aromatic rings. The topological polar surface area (TPSA) is 26.3 Å². The lowest BCUT2D eigenvalue weighted by molar-refractivity contribution is 0.0922. The predicted octanol–water partition coefficient (Wildman–Crippen LogP) is 5.62. The van der Waals surface area contributed by atoms with Gasteiger partial charge in [-0.2, -0.15) is 0 Å².